The summed E-state index contributed by atoms with van der Waals surface area (Å²) in [6.45, 7) is 3.05. The van der Waals surface area contributed by atoms with Crippen LogP contribution in [0.4, 0.5) is 0 Å². The van der Waals surface area contributed by atoms with Gasteiger partial charge in [0.15, 0.2) is 6.23 Å². The van der Waals surface area contributed by atoms with Gasteiger partial charge in [0.2, 0.25) is 0 Å². The Kier molecular flexibility index (Phi) is 3.10. The highest BCUT2D eigenvalue weighted by atomic mass is 35.5. The molecule has 0 saturated carbocycles. The monoisotopic (exact) mass is 311 g/mol. The van der Waals surface area contributed by atoms with E-state index in [1.807, 2.05) is 0 Å². The first-order chi connectivity index (χ1) is 10.9. The quantitative estimate of drug-likeness (QED) is 0.688. The second kappa shape index (κ2) is 5.24. The van der Waals surface area contributed by atoms with Gasteiger partial charge in [0.1, 0.15) is 22.7 Å². The zero-order chi connectivity index (χ0) is 16.8. The number of rotatable bonds is 3. The second-order valence-electron chi connectivity index (χ2n) is 5.17. The van der Waals surface area contributed by atoms with Gasteiger partial charge in [0.25, 0.3) is 7.45 Å². The lowest BCUT2D eigenvalue weighted by molar-refractivity contribution is -0.0894. The van der Waals surface area contributed by atoms with Crippen LogP contribution in [0.5, 0.6) is 0 Å². The van der Waals surface area contributed by atoms with E-state index >= 15 is 0 Å². The molecule has 0 radical (unpaired) electrons. The molecule has 0 spiro atoms. The molecule has 1 aliphatic rings. The molecule has 3 heterocycles. The van der Waals surface area contributed by atoms with E-state index in [0.29, 0.717) is 16.2 Å². The largest absolute Gasteiger partial charge is 0.432 e. The van der Waals surface area contributed by atoms with E-state index in [0.717, 1.165) is 0 Å². The van der Waals surface area contributed by atoms with E-state index in [-0.39, 0.29) is 6.90 Å². The van der Waals surface area contributed by atoms with E-state index in [1.165, 1.54) is 6.33 Å². The summed E-state index contributed by atoms with van der Waals surface area (Å²) >= 11 is 6.05. The Labute approximate surface area is 131 Å². The van der Waals surface area contributed by atoms with Crippen molar-refractivity contribution in [1.82, 2.24) is 14.5 Å². The molecule has 0 unspecified atom stereocenters. The number of nitrogens with zero attached hydrogens (tertiary/aromatic N) is 3. The fraction of sp³-hybridized carbons (Fsp3) is 0.538. The molecule has 3 rings (SSSR count). The fourth-order valence-electron chi connectivity index (χ4n) is 2.74. The van der Waals surface area contributed by atoms with Crippen LogP contribution in [-0.2, 0) is 9.39 Å². The Morgan fingerprint density at radius 2 is 2.48 bits per heavy atom. The standard InChI is InChI=1S/C13H17BClN3O3/c1-7-9(21-14-3)13(2,19)12(20-7)18-5-4-8-10(15)16-6-17-11(8)18/h4-7,9,12,14,19H,1-3H3/t7-,9-,12-,13-/m1/s1/i1D,14D. The summed E-state index contributed by atoms with van der Waals surface area (Å²) in [6, 6.07) is 1.74. The number of halogens is 1. The maximum absolute atomic E-state index is 11.0. The number of fused-ring (bicyclic) bond motifs is 1. The Balaban J connectivity index is 2.03. The summed E-state index contributed by atoms with van der Waals surface area (Å²) in [7, 11) is -0.832. The first-order valence-electron chi connectivity index (χ1n) is 7.86. The molecule has 6 nitrogen and oxygen atoms in total. The topological polar surface area (TPSA) is 69.4 Å². The van der Waals surface area contributed by atoms with Crippen LogP contribution in [0.25, 0.3) is 11.0 Å². The molecule has 2 aromatic rings. The maximum Gasteiger partial charge on any atom is 0.272 e. The van der Waals surface area contributed by atoms with Gasteiger partial charge in [-0.1, -0.05) is 18.4 Å². The number of aliphatic hydroxyl groups is 1. The molecule has 0 aliphatic carbocycles. The van der Waals surface area contributed by atoms with E-state index < -0.39 is 31.5 Å². The molecule has 8 heteroatoms. The van der Waals surface area contributed by atoms with Gasteiger partial charge in [-0.3, -0.25) is 0 Å². The molecular formula is C13H17BClN3O3. The van der Waals surface area contributed by atoms with Gasteiger partial charge >= 0.3 is 0 Å². The van der Waals surface area contributed by atoms with Gasteiger partial charge in [0.05, 0.1) is 17.6 Å². The fourth-order valence-corrected chi connectivity index (χ4v) is 2.93. The number of aromatic nitrogens is 3. The van der Waals surface area contributed by atoms with E-state index in [1.54, 1.807) is 30.6 Å². The van der Waals surface area contributed by atoms with Crippen LogP contribution in [0.15, 0.2) is 18.6 Å². The third-order valence-electron chi connectivity index (χ3n) is 3.71. The van der Waals surface area contributed by atoms with Gasteiger partial charge in [-0.25, -0.2) is 9.97 Å². The van der Waals surface area contributed by atoms with Crippen LogP contribution in [-0.4, -0.2) is 46.2 Å². The van der Waals surface area contributed by atoms with Crippen molar-refractivity contribution in [2.45, 2.75) is 44.7 Å². The van der Waals surface area contributed by atoms with Crippen molar-refractivity contribution in [3.63, 3.8) is 0 Å². The van der Waals surface area contributed by atoms with Crippen LogP contribution >= 0.6 is 11.6 Å². The molecule has 1 aliphatic heterocycles. The number of hydrogen-bond acceptors (Lipinski definition) is 5. The van der Waals surface area contributed by atoms with Crippen molar-refractivity contribution in [2.75, 3.05) is 0 Å². The molecule has 4 atom stereocenters. The Morgan fingerprint density at radius 1 is 1.67 bits per heavy atom. The molecule has 0 aromatic carbocycles. The number of hydrogen-bond donors (Lipinski definition) is 1. The normalized spacial score (nSPS) is 34.0. The first kappa shape index (κ1) is 12.4. The third kappa shape index (κ3) is 2.24. The Hall–Kier alpha value is -1.15. The molecule has 1 fully saturated rings. The summed E-state index contributed by atoms with van der Waals surface area (Å²) in [6.07, 6.45) is 0.819. The SMILES string of the molecule is [2H]C[C@H]1O[C@@H](n2ccc3c(Cl)ncnc32)[C@](C)(O)[C@@H]1OB([2H])C. The smallest absolute Gasteiger partial charge is 0.272 e. The molecule has 2 aromatic heterocycles. The van der Waals surface area contributed by atoms with Gasteiger partial charge < -0.3 is 19.1 Å². The van der Waals surface area contributed by atoms with Crippen molar-refractivity contribution in [3.05, 3.63) is 23.7 Å². The third-order valence-corrected chi connectivity index (χ3v) is 4.01. The van der Waals surface area contributed by atoms with Crippen LogP contribution in [0.1, 0.15) is 21.4 Å². The van der Waals surface area contributed by atoms with E-state index in [4.69, 9.17) is 23.7 Å². The van der Waals surface area contributed by atoms with Crippen LogP contribution in [0.2, 0.25) is 12.0 Å². The summed E-state index contributed by atoms with van der Waals surface area (Å²) in [4.78, 5) is 8.13. The molecule has 21 heavy (non-hydrogen) atoms. The van der Waals surface area contributed by atoms with Crippen molar-refractivity contribution in [3.8, 4) is 0 Å². The second-order valence-corrected chi connectivity index (χ2v) is 5.53. The van der Waals surface area contributed by atoms with Crippen molar-refractivity contribution < 1.29 is 15.9 Å². The minimum Gasteiger partial charge on any atom is -0.432 e. The highest BCUT2D eigenvalue weighted by Crippen LogP contribution is 2.41. The summed E-state index contributed by atoms with van der Waals surface area (Å²) in [5.41, 5.74) is -0.900. The van der Waals surface area contributed by atoms with Crippen LogP contribution < -0.4 is 0 Å². The highest BCUT2D eigenvalue weighted by Gasteiger charge is 2.52. The molecular weight excluding hydrogens is 292 g/mol. The molecule has 0 bridgehead atoms. The lowest BCUT2D eigenvalue weighted by Gasteiger charge is -2.30. The molecule has 1 N–H and O–H groups in total. The van der Waals surface area contributed by atoms with Gasteiger partial charge in [-0.05, 0) is 19.9 Å². The zero-order valence-electron chi connectivity index (χ0n) is 13.7. The van der Waals surface area contributed by atoms with Crippen molar-refractivity contribution in [1.29, 1.82) is 1.34 Å². The lowest BCUT2D eigenvalue weighted by Crippen LogP contribution is -2.45. The average Bonchev–Trinajstić information content (AvgIpc) is 3.00. The average molecular weight is 312 g/mol. The van der Waals surface area contributed by atoms with E-state index in [9.17, 15) is 5.11 Å². The zero-order valence-corrected chi connectivity index (χ0v) is 12.5. The van der Waals surface area contributed by atoms with Gasteiger partial charge in [-0.15, -0.1) is 0 Å². The summed E-state index contributed by atoms with van der Waals surface area (Å²) in [5, 5.41) is 11.9. The predicted octanol–water partition coefficient (Wildman–Crippen LogP) is 1.54. The molecule has 0 amide bonds. The summed E-state index contributed by atoms with van der Waals surface area (Å²) < 4.78 is 28.2. The molecule has 1 saturated heterocycles. The Bertz CT molecular complexity index is 715. The van der Waals surface area contributed by atoms with Gasteiger partial charge in [-0.2, -0.15) is 0 Å². The highest BCUT2D eigenvalue weighted by molar-refractivity contribution is 6.33. The van der Waals surface area contributed by atoms with Crippen LogP contribution in [0, 0.1) is 0 Å². The first-order valence-corrected chi connectivity index (χ1v) is 6.96. The van der Waals surface area contributed by atoms with Crippen LogP contribution in [0.3, 0.4) is 0 Å². The molecule has 112 valence electrons. The number of ether oxygens (including phenoxy) is 1. The maximum atomic E-state index is 11.0. The summed E-state index contributed by atoms with van der Waals surface area (Å²) in [5.74, 6) is 0. The minimum absolute atomic E-state index is 0.0843. The van der Waals surface area contributed by atoms with Gasteiger partial charge in [0, 0.05) is 8.90 Å². The Morgan fingerprint density at radius 3 is 3.19 bits per heavy atom. The lowest BCUT2D eigenvalue weighted by atomic mass is 9.94. The van der Waals surface area contributed by atoms with E-state index in [2.05, 4.69) is 9.97 Å². The van der Waals surface area contributed by atoms with Crippen molar-refractivity contribution in [2.24, 2.45) is 0 Å². The van der Waals surface area contributed by atoms with Crippen molar-refractivity contribution >= 4 is 30.1 Å². The minimum atomic E-state index is -1.43. The predicted molar refractivity (Wildman–Crippen MR) is 80.6 cm³/mol.